The van der Waals surface area contributed by atoms with Gasteiger partial charge in [0.2, 0.25) is 0 Å². The maximum Gasteiger partial charge on any atom is 0.277 e. The van der Waals surface area contributed by atoms with Crippen LogP contribution in [-0.4, -0.2) is 31.1 Å². The number of hydrogen-bond donors (Lipinski definition) is 2. The Bertz CT molecular complexity index is 698. The number of carbonyl (C=O) groups excluding carboxylic acids is 1. The Morgan fingerprint density at radius 1 is 1.30 bits per heavy atom. The van der Waals surface area contributed by atoms with Crippen molar-refractivity contribution in [3.05, 3.63) is 41.9 Å². The summed E-state index contributed by atoms with van der Waals surface area (Å²) in [5, 5.41) is 12.1. The molecule has 0 bridgehead atoms. The number of nitrogens with zero attached hydrogens (tertiary/aromatic N) is 4. The number of nitrogens with one attached hydrogen (secondary N) is 2. The minimum atomic E-state index is -0.303. The first kappa shape index (κ1) is 12.8. The molecule has 0 fully saturated rings. The highest BCUT2D eigenvalue weighted by atomic mass is 32.2. The Morgan fingerprint density at radius 2 is 2.25 bits per heavy atom. The molecule has 3 aromatic heterocycles. The number of aromatic amines is 1. The summed E-state index contributed by atoms with van der Waals surface area (Å²) in [7, 11) is 0. The quantitative estimate of drug-likeness (QED) is 0.766. The lowest BCUT2D eigenvalue weighted by Crippen LogP contribution is -2.14. The molecular formula is C11H8N6OS2. The third-order valence-corrected chi connectivity index (χ3v) is 3.87. The van der Waals surface area contributed by atoms with Crippen LogP contribution in [0, 0.1) is 0 Å². The first-order valence-corrected chi connectivity index (χ1v) is 7.21. The predicted octanol–water partition coefficient (Wildman–Crippen LogP) is 2.06. The summed E-state index contributed by atoms with van der Waals surface area (Å²) in [6, 6.07) is 3.57. The number of hydrogen-bond acceptors (Lipinski definition) is 7. The average Bonchev–Trinajstić information content (AvgIpc) is 3.13. The van der Waals surface area contributed by atoms with E-state index >= 15 is 0 Å². The fourth-order valence-corrected chi connectivity index (χ4v) is 2.75. The van der Waals surface area contributed by atoms with Crippen LogP contribution >= 0.6 is 23.1 Å². The number of carbonyl (C=O) groups is 1. The third kappa shape index (κ3) is 2.83. The highest BCUT2D eigenvalue weighted by Gasteiger charge is 2.15. The van der Waals surface area contributed by atoms with Gasteiger partial charge in [0.25, 0.3) is 5.91 Å². The molecule has 0 unspecified atom stereocenters. The number of pyridine rings is 1. The minimum absolute atomic E-state index is 0.303. The zero-order valence-electron chi connectivity index (χ0n) is 9.98. The van der Waals surface area contributed by atoms with E-state index in [9.17, 15) is 4.79 Å². The Hall–Kier alpha value is -2.26. The first-order chi connectivity index (χ1) is 9.83. The molecule has 2 N–H and O–H groups in total. The lowest BCUT2D eigenvalue weighted by molar-refractivity contribution is 0.101. The normalized spacial score (nSPS) is 10.4. The van der Waals surface area contributed by atoms with Gasteiger partial charge >= 0.3 is 0 Å². The van der Waals surface area contributed by atoms with Crippen LogP contribution in [0.4, 0.5) is 5.13 Å². The maximum atomic E-state index is 12.2. The average molecular weight is 304 g/mol. The Labute approximate surface area is 121 Å². The second-order valence-corrected chi connectivity index (χ2v) is 5.46. The molecule has 0 spiro atoms. The molecule has 0 saturated carbocycles. The van der Waals surface area contributed by atoms with Crippen molar-refractivity contribution in [1.29, 1.82) is 0 Å². The van der Waals surface area contributed by atoms with Gasteiger partial charge in [0.05, 0.1) is 0 Å². The van der Waals surface area contributed by atoms with Gasteiger partial charge < -0.3 is 0 Å². The molecule has 3 rings (SSSR count). The fourth-order valence-electron chi connectivity index (χ4n) is 1.43. The van der Waals surface area contributed by atoms with E-state index in [0.717, 1.165) is 0 Å². The summed E-state index contributed by atoms with van der Waals surface area (Å²) >= 11 is 2.64. The lowest BCUT2D eigenvalue weighted by Gasteiger charge is -2.05. The van der Waals surface area contributed by atoms with Gasteiger partial charge in [-0.1, -0.05) is 0 Å². The van der Waals surface area contributed by atoms with Gasteiger partial charge in [0.15, 0.2) is 10.3 Å². The summed E-state index contributed by atoms with van der Waals surface area (Å²) < 4.78 is 0. The SMILES string of the molecule is O=C(Nc1nccs1)c1ncccc1Sc1ncn[nH]1. The smallest absolute Gasteiger partial charge is 0.277 e. The molecule has 0 radical (unpaired) electrons. The molecule has 0 saturated heterocycles. The summed E-state index contributed by atoms with van der Waals surface area (Å²) in [5.74, 6) is -0.303. The van der Waals surface area contributed by atoms with Crippen molar-refractivity contribution in [2.45, 2.75) is 10.1 Å². The van der Waals surface area contributed by atoms with E-state index in [2.05, 4.69) is 30.5 Å². The van der Waals surface area contributed by atoms with Crippen molar-refractivity contribution < 1.29 is 4.79 Å². The molecule has 3 aromatic rings. The topological polar surface area (TPSA) is 96.5 Å². The van der Waals surface area contributed by atoms with E-state index in [-0.39, 0.29) is 5.91 Å². The summed E-state index contributed by atoms with van der Waals surface area (Å²) in [5.41, 5.74) is 0.323. The van der Waals surface area contributed by atoms with Crippen molar-refractivity contribution in [2.24, 2.45) is 0 Å². The van der Waals surface area contributed by atoms with Crippen LogP contribution < -0.4 is 5.32 Å². The third-order valence-electron chi connectivity index (χ3n) is 2.24. The van der Waals surface area contributed by atoms with E-state index in [4.69, 9.17) is 0 Å². The minimum Gasteiger partial charge on any atom is -0.296 e. The monoisotopic (exact) mass is 304 g/mol. The van der Waals surface area contributed by atoms with Gasteiger partial charge in [-0.2, -0.15) is 5.10 Å². The van der Waals surface area contributed by atoms with E-state index < -0.39 is 0 Å². The zero-order valence-corrected chi connectivity index (χ0v) is 11.6. The van der Waals surface area contributed by atoms with Crippen LogP contribution in [0.15, 0.2) is 46.3 Å². The van der Waals surface area contributed by atoms with Crippen LogP contribution in [0.25, 0.3) is 0 Å². The lowest BCUT2D eigenvalue weighted by atomic mass is 10.3. The van der Waals surface area contributed by atoms with Crippen molar-refractivity contribution in [1.82, 2.24) is 25.1 Å². The highest BCUT2D eigenvalue weighted by molar-refractivity contribution is 7.99. The molecule has 100 valence electrons. The molecule has 9 heteroatoms. The molecule has 0 aliphatic heterocycles. The summed E-state index contributed by atoms with van der Waals surface area (Å²) in [6.07, 6.45) is 4.61. The molecule has 3 heterocycles. The van der Waals surface area contributed by atoms with Gasteiger partial charge in [0.1, 0.15) is 12.0 Å². The van der Waals surface area contributed by atoms with Crippen molar-refractivity contribution in [3.8, 4) is 0 Å². The van der Waals surface area contributed by atoms with Gasteiger partial charge in [-0.05, 0) is 23.9 Å². The Kier molecular flexibility index (Phi) is 3.70. The number of anilines is 1. The van der Waals surface area contributed by atoms with Crippen molar-refractivity contribution >= 4 is 34.1 Å². The van der Waals surface area contributed by atoms with E-state index in [1.165, 1.54) is 29.4 Å². The molecule has 20 heavy (non-hydrogen) atoms. The Morgan fingerprint density at radius 3 is 3.00 bits per heavy atom. The number of H-pyrrole nitrogens is 1. The van der Waals surface area contributed by atoms with Gasteiger partial charge in [-0.25, -0.2) is 15.0 Å². The standard InChI is InChI=1S/C11H8N6OS2/c18-9(16-10-13-4-5-19-10)8-7(2-1-3-12-8)20-11-14-6-15-17-11/h1-6H,(H,13,16,18)(H,14,15,17). The fraction of sp³-hybridized carbons (Fsp3) is 0. The van der Waals surface area contributed by atoms with E-state index in [0.29, 0.717) is 20.9 Å². The Balaban J connectivity index is 1.83. The summed E-state index contributed by atoms with van der Waals surface area (Å²) in [4.78, 5) is 25.0. The second-order valence-electron chi connectivity index (χ2n) is 3.53. The number of thiazole rings is 1. The van der Waals surface area contributed by atoms with E-state index in [1.54, 1.807) is 29.9 Å². The second kappa shape index (κ2) is 5.80. The zero-order chi connectivity index (χ0) is 13.8. The van der Waals surface area contributed by atoms with Crippen LogP contribution in [-0.2, 0) is 0 Å². The molecule has 0 atom stereocenters. The number of rotatable bonds is 4. The molecule has 1 amide bonds. The number of amides is 1. The van der Waals surface area contributed by atoms with E-state index in [1.807, 2.05) is 0 Å². The van der Waals surface area contributed by atoms with Crippen LogP contribution in [0.2, 0.25) is 0 Å². The first-order valence-electron chi connectivity index (χ1n) is 5.52. The highest BCUT2D eigenvalue weighted by Crippen LogP contribution is 2.26. The van der Waals surface area contributed by atoms with Crippen LogP contribution in [0.5, 0.6) is 0 Å². The predicted molar refractivity (Wildman–Crippen MR) is 74.8 cm³/mol. The van der Waals surface area contributed by atoms with Crippen LogP contribution in [0.3, 0.4) is 0 Å². The molecule has 7 nitrogen and oxygen atoms in total. The van der Waals surface area contributed by atoms with Crippen molar-refractivity contribution in [2.75, 3.05) is 5.32 Å². The van der Waals surface area contributed by atoms with Crippen LogP contribution in [0.1, 0.15) is 10.5 Å². The van der Waals surface area contributed by atoms with Crippen molar-refractivity contribution in [3.63, 3.8) is 0 Å². The molecule has 0 aliphatic carbocycles. The van der Waals surface area contributed by atoms with Gasteiger partial charge in [0, 0.05) is 22.7 Å². The molecule has 0 aliphatic rings. The molecule has 0 aromatic carbocycles. The largest absolute Gasteiger partial charge is 0.296 e. The van der Waals surface area contributed by atoms with Gasteiger partial charge in [-0.15, -0.1) is 11.3 Å². The maximum absolute atomic E-state index is 12.2. The summed E-state index contributed by atoms with van der Waals surface area (Å²) in [6.45, 7) is 0. The molecular weight excluding hydrogens is 296 g/mol. The van der Waals surface area contributed by atoms with Gasteiger partial charge in [-0.3, -0.25) is 15.2 Å². The number of aromatic nitrogens is 5.